The minimum atomic E-state index is -2.49. The third kappa shape index (κ3) is 2.53. The highest BCUT2D eigenvalue weighted by atomic mass is 19.3. The first-order chi connectivity index (χ1) is 7.27. The van der Waals surface area contributed by atoms with Crippen LogP contribution in [0.2, 0.25) is 0 Å². The Kier molecular flexibility index (Phi) is 3.30. The zero-order valence-corrected chi connectivity index (χ0v) is 8.50. The molecule has 0 atom stereocenters. The maximum absolute atomic E-state index is 12.5. The van der Waals surface area contributed by atoms with E-state index in [0.717, 1.165) is 17.4 Å². The van der Waals surface area contributed by atoms with E-state index in [0.29, 0.717) is 18.4 Å². The van der Waals surface area contributed by atoms with Crippen molar-refractivity contribution < 1.29 is 8.78 Å². The summed E-state index contributed by atoms with van der Waals surface area (Å²) in [5.74, 6) is 0.414. The van der Waals surface area contributed by atoms with Gasteiger partial charge in [0, 0.05) is 18.4 Å². The fourth-order valence-electron chi connectivity index (χ4n) is 2.02. The van der Waals surface area contributed by atoms with Gasteiger partial charge in [0.2, 0.25) is 0 Å². The molecule has 1 saturated carbocycles. The monoisotopic (exact) mass is 215 g/mol. The van der Waals surface area contributed by atoms with Crippen LogP contribution in [0, 0.1) is 0 Å². The Morgan fingerprint density at radius 2 is 2.20 bits per heavy atom. The number of hydrogen-bond donors (Lipinski definition) is 1. The molecule has 0 unspecified atom stereocenters. The molecule has 0 bridgehead atoms. The molecule has 1 aliphatic carbocycles. The summed E-state index contributed by atoms with van der Waals surface area (Å²) < 4.78 is 25.8. The molecule has 0 aromatic carbocycles. The molecule has 1 aromatic rings. The van der Waals surface area contributed by atoms with Crippen molar-refractivity contribution in [1.82, 2.24) is 14.9 Å². The lowest BCUT2D eigenvalue weighted by Crippen LogP contribution is -2.27. The molecular weight excluding hydrogens is 200 g/mol. The van der Waals surface area contributed by atoms with E-state index in [-0.39, 0.29) is 0 Å². The number of imidazole rings is 1. The van der Waals surface area contributed by atoms with Crippen molar-refractivity contribution in [2.24, 2.45) is 0 Å². The molecule has 84 valence electrons. The first-order valence-electron chi connectivity index (χ1n) is 5.30. The number of nitrogens with one attached hydrogen (secondary N) is 1. The summed E-state index contributed by atoms with van der Waals surface area (Å²) in [5.41, 5.74) is 0. The molecule has 2 rings (SSSR count). The van der Waals surface area contributed by atoms with Gasteiger partial charge in [0.1, 0.15) is 5.82 Å². The summed E-state index contributed by atoms with van der Waals surface area (Å²) in [4.78, 5) is 3.92. The van der Waals surface area contributed by atoms with Crippen LogP contribution < -0.4 is 5.32 Å². The number of hydrogen-bond acceptors (Lipinski definition) is 2. The second kappa shape index (κ2) is 4.70. The Balaban J connectivity index is 1.89. The Morgan fingerprint density at radius 3 is 2.87 bits per heavy atom. The number of alkyl halides is 2. The first-order valence-corrected chi connectivity index (χ1v) is 5.30. The molecule has 0 amide bonds. The molecule has 5 heteroatoms. The van der Waals surface area contributed by atoms with Crippen molar-refractivity contribution in [2.45, 2.75) is 44.8 Å². The van der Waals surface area contributed by atoms with E-state index in [1.807, 2.05) is 0 Å². The van der Waals surface area contributed by atoms with Crippen LogP contribution in [0.5, 0.6) is 0 Å². The lowest BCUT2D eigenvalue weighted by atomic mass is 10.2. The van der Waals surface area contributed by atoms with Gasteiger partial charge in [-0.1, -0.05) is 12.8 Å². The third-order valence-electron chi connectivity index (χ3n) is 2.86. The average Bonchev–Trinajstić information content (AvgIpc) is 2.86. The van der Waals surface area contributed by atoms with Crippen LogP contribution in [0.15, 0.2) is 12.4 Å². The maximum Gasteiger partial charge on any atom is 0.319 e. The zero-order valence-electron chi connectivity index (χ0n) is 8.50. The quantitative estimate of drug-likeness (QED) is 0.835. The van der Waals surface area contributed by atoms with Crippen LogP contribution >= 0.6 is 0 Å². The van der Waals surface area contributed by atoms with Gasteiger partial charge in [-0.2, -0.15) is 8.78 Å². The minimum Gasteiger partial charge on any atom is -0.307 e. The van der Waals surface area contributed by atoms with Crippen LogP contribution in [0.4, 0.5) is 8.78 Å². The molecule has 0 radical (unpaired) electrons. The fourth-order valence-corrected chi connectivity index (χ4v) is 2.02. The van der Waals surface area contributed by atoms with Crippen molar-refractivity contribution in [3.8, 4) is 0 Å². The van der Waals surface area contributed by atoms with Gasteiger partial charge >= 0.3 is 6.55 Å². The smallest absolute Gasteiger partial charge is 0.307 e. The fraction of sp³-hybridized carbons (Fsp3) is 0.700. The van der Waals surface area contributed by atoms with Crippen molar-refractivity contribution >= 4 is 0 Å². The van der Waals surface area contributed by atoms with Gasteiger partial charge in [-0.25, -0.2) is 4.98 Å². The van der Waals surface area contributed by atoms with Crippen LogP contribution in [0.1, 0.15) is 38.1 Å². The Labute approximate surface area is 87.5 Å². The highest BCUT2D eigenvalue weighted by molar-refractivity contribution is 4.93. The van der Waals surface area contributed by atoms with Crippen LogP contribution in [-0.4, -0.2) is 15.6 Å². The second-order valence-corrected chi connectivity index (χ2v) is 3.89. The largest absolute Gasteiger partial charge is 0.319 e. The van der Waals surface area contributed by atoms with E-state index >= 15 is 0 Å². The zero-order chi connectivity index (χ0) is 10.7. The van der Waals surface area contributed by atoms with Crippen molar-refractivity contribution in [3.63, 3.8) is 0 Å². The lowest BCUT2D eigenvalue weighted by molar-refractivity contribution is 0.0665. The van der Waals surface area contributed by atoms with Crippen molar-refractivity contribution in [3.05, 3.63) is 18.2 Å². The van der Waals surface area contributed by atoms with Gasteiger partial charge in [0.25, 0.3) is 0 Å². The average molecular weight is 215 g/mol. The lowest BCUT2D eigenvalue weighted by Gasteiger charge is -2.12. The Hall–Kier alpha value is -0.970. The van der Waals surface area contributed by atoms with Gasteiger partial charge in [-0.05, 0) is 12.8 Å². The number of rotatable bonds is 4. The van der Waals surface area contributed by atoms with Gasteiger partial charge in [0.15, 0.2) is 0 Å². The molecule has 1 N–H and O–H groups in total. The standard InChI is InChI=1S/C10H15F2N3/c11-10(12)15-6-5-13-9(15)7-14-8-3-1-2-4-8/h5-6,8,10,14H,1-4,7H2. The molecule has 1 heterocycles. The van der Waals surface area contributed by atoms with E-state index in [1.165, 1.54) is 25.2 Å². The summed E-state index contributed by atoms with van der Waals surface area (Å²) in [5, 5.41) is 3.26. The molecular formula is C10H15F2N3. The number of halogens is 2. The van der Waals surface area contributed by atoms with E-state index < -0.39 is 6.55 Å². The summed E-state index contributed by atoms with van der Waals surface area (Å²) in [6, 6.07) is 0.479. The SMILES string of the molecule is FC(F)n1ccnc1CNC1CCCC1. The number of nitrogens with zero attached hydrogens (tertiary/aromatic N) is 2. The molecule has 0 saturated heterocycles. The summed E-state index contributed by atoms with van der Waals surface area (Å²) in [6.45, 7) is -2.06. The summed E-state index contributed by atoms with van der Waals surface area (Å²) in [7, 11) is 0. The Bertz CT molecular complexity index is 305. The third-order valence-corrected chi connectivity index (χ3v) is 2.86. The highest BCUT2D eigenvalue weighted by Gasteiger charge is 2.16. The maximum atomic E-state index is 12.5. The van der Waals surface area contributed by atoms with Gasteiger partial charge in [-0.3, -0.25) is 4.57 Å². The van der Waals surface area contributed by atoms with Crippen LogP contribution in [0.25, 0.3) is 0 Å². The van der Waals surface area contributed by atoms with Crippen LogP contribution in [-0.2, 0) is 6.54 Å². The van der Waals surface area contributed by atoms with Gasteiger partial charge < -0.3 is 5.32 Å². The predicted octanol–water partition coefficient (Wildman–Crippen LogP) is 2.31. The summed E-state index contributed by atoms with van der Waals surface area (Å²) >= 11 is 0. The topological polar surface area (TPSA) is 29.9 Å². The molecule has 3 nitrogen and oxygen atoms in total. The second-order valence-electron chi connectivity index (χ2n) is 3.89. The molecule has 1 aliphatic rings. The van der Waals surface area contributed by atoms with E-state index in [1.54, 1.807) is 0 Å². The molecule has 0 aliphatic heterocycles. The number of aromatic nitrogens is 2. The van der Waals surface area contributed by atoms with E-state index in [4.69, 9.17) is 0 Å². The van der Waals surface area contributed by atoms with E-state index in [9.17, 15) is 8.78 Å². The van der Waals surface area contributed by atoms with Gasteiger partial charge in [0.05, 0.1) is 6.54 Å². The molecule has 0 spiro atoms. The van der Waals surface area contributed by atoms with Gasteiger partial charge in [-0.15, -0.1) is 0 Å². The highest BCUT2D eigenvalue weighted by Crippen LogP contribution is 2.18. The molecule has 1 aromatic heterocycles. The molecule has 1 fully saturated rings. The summed E-state index contributed by atoms with van der Waals surface area (Å²) in [6.07, 6.45) is 7.50. The minimum absolute atomic E-state index is 0.414. The van der Waals surface area contributed by atoms with Crippen molar-refractivity contribution in [2.75, 3.05) is 0 Å². The first kappa shape index (κ1) is 10.5. The Morgan fingerprint density at radius 1 is 1.47 bits per heavy atom. The normalized spacial score (nSPS) is 17.8. The predicted molar refractivity (Wildman–Crippen MR) is 52.6 cm³/mol. The van der Waals surface area contributed by atoms with Crippen LogP contribution in [0.3, 0.4) is 0 Å². The molecule has 15 heavy (non-hydrogen) atoms. The van der Waals surface area contributed by atoms with Crippen molar-refractivity contribution in [1.29, 1.82) is 0 Å². The van der Waals surface area contributed by atoms with E-state index in [2.05, 4.69) is 10.3 Å².